The first-order valence-electron chi connectivity index (χ1n) is 13.2. The van der Waals surface area contributed by atoms with Gasteiger partial charge in [0.25, 0.3) is 0 Å². The molecule has 0 atom stereocenters. The third-order valence-electron chi connectivity index (χ3n) is 6.72. The van der Waals surface area contributed by atoms with Crippen LogP contribution in [0.25, 0.3) is 11.1 Å². The number of aryl methyl sites for hydroxylation is 3. The lowest BCUT2D eigenvalue weighted by Gasteiger charge is -2.09. The maximum Gasteiger partial charge on any atom is 0.346 e. The zero-order valence-electron chi connectivity index (χ0n) is 21.5. The van der Waals surface area contributed by atoms with Crippen LogP contribution in [0.15, 0.2) is 83.7 Å². The van der Waals surface area contributed by atoms with Crippen molar-refractivity contribution in [2.24, 2.45) is 0 Å². The lowest BCUT2D eigenvalue weighted by molar-refractivity contribution is 0.0697. The molecule has 0 amide bonds. The molecule has 0 fully saturated rings. The highest BCUT2D eigenvalue weighted by Crippen LogP contribution is 2.24. The molecular formula is C31H35N3O3. The molecule has 4 rings (SSSR count). The van der Waals surface area contributed by atoms with Crippen LogP contribution in [0.3, 0.4) is 0 Å². The van der Waals surface area contributed by atoms with E-state index in [0.29, 0.717) is 18.7 Å². The van der Waals surface area contributed by atoms with Crippen molar-refractivity contribution in [3.05, 3.63) is 112 Å². The van der Waals surface area contributed by atoms with Crippen molar-refractivity contribution in [3.8, 4) is 11.1 Å². The summed E-state index contributed by atoms with van der Waals surface area (Å²) in [6, 6.07) is 24.9. The summed E-state index contributed by atoms with van der Waals surface area (Å²) in [5.74, 6) is -0.118. The van der Waals surface area contributed by atoms with E-state index in [9.17, 15) is 14.7 Å². The van der Waals surface area contributed by atoms with Gasteiger partial charge in [0.15, 0.2) is 0 Å². The van der Waals surface area contributed by atoms with Crippen molar-refractivity contribution in [2.75, 3.05) is 0 Å². The second-order valence-corrected chi connectivity index (χ2v) is 9.46. The zero-order chi connectivity index (χ0) is 26.0. The van der Waals surface area contributed by atoms with E-state index >= 15 is 0 Å². The van der Waals surface area contributed by atoms with Gasteiger partial charge in [-0.2, -0.15) is 5.10 Å². The lowest BCUT2D eigenvalue weighted by atomic mass is 9.99. The Hall–Kier alpha value is -3.93. The summed E-state index contributed by atoms with van der Waals surface area (Å²) in [5, 5.41) is 14.3. The second-order valence-electron chi connectivity index (χ2n) is 9.46. The fraction of sp³-hybridized carbons (Fsp3) is 0.323. The van der Waals surface area contributed by atoms with Crippen molar-refractivity contribution in [2.45, 2.75) is 65.0 Å². The minimum atomic E-state index is -0.947. The number of aromatic carboxylic acids is 1. The third kappa shape index (κ3) is 6.85. The number of benzene rings is 3. The van der Waals surface area contributed by atoms with Crippen LogP contribution in [0.4, 0.5) is 0 Å². The Bertz CT molecular complexity index is 1350. The Morgan fingerprint density at radius 3 is 2.24 bits per heavy atom. The highest BCUT2D eigenvalue weighted by atomic mass is 16.4. The zero-order valence-corrected chi connectivity index (χ0v) is 21.5. The standard InChI is InChI=1S/C31H35N3O3/c1-2-3-4-5-9-16-29-32-34(22-21-24-12-7-6-8-13-24)31(37)33(29)23-25-17-19-26(20-18-25)27-14-10-11-15-28(27)30(35)36/h6-8,10-15,17-20H,2-5,9,16,21-23H2,1H3,(H,35,36). The summed E-state index contributed by atoms with van der Waals surface area (Å²) in [5.41, 5.74) is 3.87. The first-order valence-corrected chi connectivity index (χ1v) is 13.2. The van der Waals surface area contributed by atoms with Crippen molar-refractivity contribution in [1.29, 1.82) is 0 Å². The van der Waals surface area contributed by atoms with Crippen LogP contribution in [0, 0.1) is 0 Å². The highest BCUT2D eigenvalue weighted by molar-refractivity contribution is 5.95. The fourth-order valence-corrected chi connectivity index (χ4v) is 4.64. The van der Waals surface area contributed by atoms with Crippen molar-refractivity contribution < 1.29 is 9.90 Å². The smallest absolute Gasteiger partial charge is 0.346 e. The van der Waals surface area contributed by atoms with E-state index in [1.807, 2.05) is 54.6 Å². The lowest BCUT2D eigenvalue weighted by Crippen LogP contribution is -2.26. The van der Waals surface area contributed by atoms with Crippen molar-refractivity contribution >= 4 is 5.97 Å². The number of carbonyl (C=O) groups is 1. The summed E-state index contributed by atoms with van der Waals surface area (Å²) < 4.78 is 3.40. The molecule has 0 aliphatic heterocycles. The molecule has 3 aromatic carbocycles. The molecule has 0 aliphatic carbocycles. The molecule has 6 nitrogen and oxygen atoms in total. The summed E-state index contributed by atoms with van der Waals surface area (Å²) in [6.07, 6.45) is 7.32. The molecule has 0 radical (unpaired) electrons. The highest BCUT2D eigenvalue weighted by Gasteiger charge is 2.15. The van der Waals surface area contributed by atoms with Crippen LogP contribution in [0.1, 0.15) is 66.3 Å². The van der Waals surface area contributed by atoms with Gasteiger partial charge in [0.2, 0.25) is 0 Å². The summed E-state index contributed by atoms with van der Waals surface area (Å²) in [7, 11) is 0. The second kappa shape index (κ2) is 12.9. The van der Waals surface area contributed by atoms with Crippen LogP contribution in [-0.4, -0.2) is 25.4 Å². The first kappa shape index (κ1) is 26.1. The first-order chi connectivity index (χ1) is 18.1. The quantitative estimate of drug-likeness (QED) is 0.223. The fourth-order valence-electron chi connectivity index (χ4n) is 4.64. The number of carboxylic acids is 1. The van der Waals surface area contributed by atoms with E-state index < -0.39 is 5.97 Å². The minimum absolute atomic E-state index is 0.0835. The Morgan fingerprint density at radius 2 is 1.51 bits per heavy atom. The number of rotatable bonds is 13. The number of aromatic nitrogens is 3. The van der Waals surface area contributed by atoms with Gasteiger partial charge in [-0.1, -0.05) is 105 Å². The maximum atomic E-state index is 13.4. The predicted molar refractivity (Wildman–Crippen MR) is 147 cm³/mol. The van der Waals surface area contributed by atoms with Gasteiger partial charge in [0.1, 0.15) is 5.82 Å². The molecule has 1 heterocycles. The summed E-state index contributed by atoms with van der Waals surface area (Å²) in [4.78, 5) is 25.0. The van der Waals surface area contributed by atoms with E-state index in [4.69, 9.17) is 5.10 Å². The molecule has 6 heteroatoms. The van der Waals surface area contributed by atoms with Gasteiger partial charge >= 0.3 is 11.7 Å². The Labute approximate surface area is 218 Å². The van der Waals surface area contributed by atoms with Gasteiger partial charge in [-0.15, -0.1) is 0 Å². The average molecular weight is 498 g/mol. The van der Waals surface area contributed by atoms with Crippen LogP contribution >= 0.6 is 0 Å². The van der Waals surface area contributed by atoms with Gasteiger partial charge in [-0.3, -0.25) is 4.57 Å². The molecule has 37 heavy (non-hydrogen) atoms. The number of hydrogen-bond donors (Lipinski definition) is 1. The molecule has 1 N–H and O–H groups in total. The van der Waals surface area contributed by atoms with Gasteiger partial charge in [-0.05, 0) is 41.2 Å². The minimum Gasteiger partial charge on any atom is -0.478 e. The van der Waals surface area contributed by atoms with E-state index in [1.54, 1.807) is 21.4 Å². The predicted octanol–water partition coefficient (Wildman–Crippen LogP) is 6.21. The largest absolute Gasteiger partial charge is 0.478 e. The molecule has 0 bridgehead atoms. The SMILES string of the molecule is CCCCCCCc1nn(CCc2ccccc2)c(=O)n1Cc1ccc(-c2ccccc2C(=O)O)cc1. The topological polar surface area (TPSA) is 77.1 Å². The summed E-state index contributed by atoms with van der Waals surface area (Å²) in [6.45, 7) is 3.19. The Kier molecular flexibility index (Phi) is 9.08. The summed E-state index contributed by atoms with van der Waals surface area (Å²) >= 11 is 0. The maximum absolute atomic E-state index is 13.4. The van der Waals surface area contributed by atoms with Crippen molar-refractivity contribution in [1.82, 2.24) is 14.3 Å². The van der Waals surface area contributed by atoms with Crippen LogP contribution in [0.2, 0.25) is 0 Å². The van der Waals surface area contributed by atoms with Crippen LogP contribution in [0.5, 0.6) is 0 Å². The number of carboxylic acid groups (broad SMARTS) is 1. The molecular weight excluding hydrogens is 462 g/mol. The van der Waals surface area contributed by atoms with E-state index in [0.717, 1.165) is 42.6 Å². The van der Waals surface area contributed by atoms with Gasteiger partial charge in [0.05, 0.1) is 18.7 Å². The van der Waals surface area contributed by atoms with Crippen molar-refractivity contribution in [3.63, 3.8) is 0 Å². The van der Waals surface area contributed by atoms with E-state index in [-0.39, 0.29) is 11.3 Å². The number of hydrogen-bond acceptors (Lipinski definition) is 3. The Morgan fingerprint density at radius 1 is 0.811 bits per heavy atom. The molecule has 0 aliphatic rings. The average Bonchev–Trinajstić information content (AvgIpc) is 3.22. The van der Waals surface area contributed by atoms with Gasteiger partial charge < -0.3 is 5.11 Å². The number of nitrogens with zero attached hydrogens (tertiary/aromatic N) is 3. The van der Waals surface area contributed by atoms with E-state index in [2.05, 4.69) is 19.1 Å². The van der Waals surface area contributed by atoms with Crippen LogP contribution in [-0.2, 0) is 25.9 Å². The molecule has 1 aromatic heterocycles. The molecule has 4 aromatic rings. The molecule has 192 valence electrons. The van der Waals surface area contributed by atoms with Gasteiger partial charge in [0, 0.05) is 6.42 Å². The monoisotopic (exact) mass is 497 g/mol. The molecule has 0 saturated carbocycles. The van der Waals surface area contributed by atoms with Gasteiger partial charge in [-0.25, -0.2) is 14.3 Å². The Balaban J connectivity index is 1.54. The molecule has 0 unspecified atom stereocenters. The molecule has 0 saturated heterocycles. The normalized spacial score (nSPS) is 11.1. The van der Waals surface area contributed by atoms with E-state index in [1.165, 1.54) is 24.8 Å². The third-order valence-corrected chi connectivity index (χ3v) is 6.72. The number of unbranched alkanes of at least 4 members (excludes halogenated alkanes) is 4. The molecule has 0 spiro atoms. The van der Waals surface area contributed by atoms with Crippen LogP contribution < -0.4 is 5.69 Å².